The van der Waals surface area contributed by atoms with Gasteiger partial charge in [-0.15, -0.1) is 0 Å². The monoisotopic (exact) mass is 454 g/mol. The van der Waals surface area contributed by atoms with E-state index in [4.69, 9.17) is 10.5 Å². The summed E-state index contributed by atoms with van der Waals surface area (Å²) in [4.78, 5) is 8.39. The van der Waals surface area contributed by atoms with Crippen molar-refractivity contribution < 1.29 is 4.74 Å². The van der Waals surface area contributed by atoms with Crippen LogP contribution in [0.4, 0.5) is 17.2 Å². The fourth-order valence-corrected chi connectivity index (χ4v) is 2.93. The van der Waals surface area contributed by atoms with Crippen LogP contribution < -0.4 is 15.8 Å². The largest absolute Gasteiger partial charge is 0.437 e. The molecule has 0 atom stereocenters. The number of hydrogen-bond acceptors (Lipinski definition) is 5. The number of ether oxygens (including phenoxy) is 1. The van der Waals surface area contributed by atoms with Crippen molar-refractivity contribution in [3.63, 3.8) is 0 Å². The molecule has 0 saturated carbocycles. The summed E-state index contributed by atoms with van der Waals surface area (Å²) in [7, 11) is 0. The molecule has 4 aromatic rings. The van der Waals surface area contributed by atoms with Gasteiger partial charge in [-0.25, -0.2) is 4.98 Å². The van der Waals surface area contributed by atoms with Crippen LogP contribution in [0.1, 0.15) is 0 Å². The van der Waals surface area contributed by atoms with Crippen LogP contribution in [0.5, 0.6) is 11.6 Å². The van der Waals surface area contributed by atoms with Crippen LogP contribution in [-0.4, -0.2) is 9.97 Å². The predicted molar refractivity (Wildman–Crippen MR) is 113 cm³/mol. The Morgan fingerprint density at radius 2 is 1.65 bits per heavy atom. The molecule has 0 amide bonds. The maximum Gasteiger partial charge on any atom is 0.248 e. The Labute approximate surface area is 164 Å². The van der Waals surface area contributed by atoms with E-state index in [0.29, 0.717) is 23.1 Å². The minimum Gasteiger partial charge on any atom is -0.437 e. The number of rotatable bonds is 4. The molecule has 0 radical (unpaired) electrons. The highest BCUT2D eigenvalue weighted by Gasteiger charge is 2.11. The molecule has 3 N–H and O–H groups in total. The maximum absolute atomic E-state index is 6.21. The second-order valence-corrected chi connectivity index (χ2v) is 6.93. The minimum atomic E-state index is 0.322. The van der Waals surface area contributed by atoms with E-state index >= 15 is 0 Å². The molecule has 1 heterocycles. The molecule has 0 aliphatic rings. The molecule has 1 aromatic heterocycles. The van der Waals surface area contributed by atoms with Crippen molar-refractivity contribution in [2.24, 2.45) is 0 Å². The average Bonchev–Trinajstić information content (AvgIpc) is 2.67. The van der Waals surface area contributed by atoms with Gasteiger partial charge in [0.1, 0.15) is 17.8 Å². The second kappa shape index (κ2) is 7.17. The molecule has 0 bridgehead atoms. The fraction of sp³-hybridized carbons (Fsp3) is 0. The van der Waals surface area contributed by atoms with Gasteiger partial charge in [0.05, 0.1) is 0 Å². The fourth-order valence-electron chi connectivity index (χ4n) is 2.57. The molecule has 0 aliphatic carbocycles. The van der Waals surface area contributed by atoms with Crippen LogP contribution in [0.25, 0.3) is 10.8 Å². The Kier molecular flexibility index (Phi) is 4.57. The van der Waals surface area contributed by atoms with Crippen LogP contribution in [0.15, 0.2) is 73.1 Å². The van der Waals surface area contributed by atoms with E-state index in [1.807, 2.05) is 60.7 Å². The molecule has 5 nitrogen and oxygen atoms in total. The number of aromatic nitrogens is 2. The lowest BCUT2D eigenvalue weighted by atomic mass is 10.1. The highest BCUT2D eigenvalue weighted by molar-refractivity contribution is 14.1. The Hall–Kier alpha value is -2.87. The summed E-state index contributed by atoms with van der Waals surface area (Å²) in [6, 6.07) is 21.9. The summed E-state index contributed by atoms with van der Waals surface area (Å²) in [5.74, 6) is 1.51. The van der Waals surface area contributed by atoms with Crippen molar-refractivity contribution in [2.45, 2.75) is 0 Å². The number of benzene rings is 3. The summed E-state index contributed by atoms with van der Waals surface area (Å²) in [5, 5.41) is 5.44. The molecule has 128 valence electrons. The SMILES string of the molecule is Nc1c(Nc2ccc(I)cc2)ncnc1Oc1ccc2ccccc2c1. The standard InChI is InChI=1S/C20H15IN4O/c21-15-6-8-16(9-7-15)25-19-18(22)20(24-12-23-19)26-17-10-5-13-3-1-2-4-14(13)11-17/h1-12H,22H2,(H,23,24,25). The summed E-state index contributed by atoms with van der Waals surface area (Å²) in [6.45, 7) is 0. The summed E-state index contributed by atoms with van der Waals surface area (Å²) in [5.41, 5.74) is 7.46. The lowest BCUT2D eigenvalue weighted by molar-refractivity contribution is 0.465. The highest BCUT2D eigenvalue weighted by atomic mass is 127. The van der Waals surface area contributed by atoms with Gasteiger partial charge in [0.15, 0.2) is 5.82 Å². The third-order valence-corrected chi connectivity index (χ3v) is 4.61. The molecular formula is C20H15IN4O. The zero-order chi connectivity index (χ0) is 17.9. The Morgan fingerprint density at radius 1 is 0.885 bits per heavy atom. The molecule has 26 heavy (non-hydrogen) atoms. The van der Waals surface area contributed by atoms with E-state index in [1.165, 1.54) is 6.33 Å². The third kappa shape index (κ3) is 3.55. The normalized spacial score (nSPS) is 10.7. The zero-order valence-electron chi connectivity index (χ0n) is 13.7. The van der Waals surface area contributed by atoms with Crippen molar-refractivity contribution in [2.75, 3.05) is 11.1 Å². The number of anilines is 3. The van der Waals surface area contributed by atoms with Crippen LogP contribution in [0, 0.1) is 3.57 Å². The minimum absolute atomic E-state index is 0.322. The molecule has 0 saturated heterocycles. The van der Waals surface area contributed by atoms with Crippen molar-refractivity contribution in [3.05, 3.63) is 76.6 Å². The molecule has 0 unspecified atom stereocenters. The molecule has 0 spiro atoms. The first-order valence-corrected chi connectivity index (χ1v) is 9.07. The van der Waals surface area contributed by atoms with Crippen molar-refractivity contribution >= 4 is 50.6 Å². The number of fused-ring (bicyclic) bond motifs is 1. The van der Waals surface area contributed by atoms with Gasteiger partial charge in [-0.05, 0) is 69.8 Å². The number of nitrogens with two attached hydrogens (primary N) is 1. The summed E-state index contributed by atoms with van der Waals surface area (Å²) in [6.07, 6.45) is 1.43. The Bertz CT molecular complexity index is 1070. The molecule has 6 heteroatoms. The van der Waals surface area contributed by atoms with E-state index in [9.17, 15) is 0 Å². The summed E-state index contributed by atoms with van der Waals surface area (Å²) >= 11 is 2.26. The zero-order valence-corrected chi connectivity index (χ0v) is 15.8. The highest BCUT2D eigenvalue weighted by Crippen LogP contribution is 2.32. The predicted octanol–water partition coefficient (Wildman–Crippen LogP) is 5.35. The van der Waals surface area contributed by atoms with Gasteiger partial charge in [0.2, 0.25) is 5.88 Å². The van der Waals surface area contributed by atoms with Gasteiger partial charge in [-0.3, -0.25) is 0 Å². The third-order valence-electron chi connectivity index (χ3n) is 3.89. The second-order valence-electron chi connectivity index (χ2n) is 5.68. The number of nitrogen functional groups attached to an aromatic ring is 1. The first-order chi connectivity index (χ1) is 12.7. The quantitative estimate of drug-likeness (QED) is 0.407. The first-order valence-electron chi connectivity index (χ1n) is 7.99. The molecule has 4 rings (SSSR count). The Morgan fingerprint density at radius 3 is 2.46 bits per heavy atom. The first kappa shape index (κ1) is 16.6. The van der Waals surface area contributed by atoms with Gasteiger partial charge in [0.25, 0.3) is 0 Å². The van der Waals surface area contributed by atoms with Gasteiger partial charge in [-0.1, -0.05) is 30.3 Å². The van der Waals surface area contributed by atoms with Crippen LogP contribution in [-0.2, 0) is 0 Å². The maximum atomic E-state index is 6.21. The lowest BCUT2D eigenvalue weighted by Gasteiger charge is -2.12. The van der Waals surface area contributed by atoms with Gasteiger partial charge < -0.3 is 15.8 Å². The topological polar surface area (TPSA) is 73.1 Å². The van der Waals surface area contributed by atoms with Crippen molar-refractivity contribution in [1.29, 1.82) is 0 Å². The van der Waals surface area contributed by atoms with E-state index in [-0.39, 0.29) is 0 Å². The Balaban J connectivity index is 1.61. The van der Waals surface area contributed by atoms with Crippen LogP contribution in [0.3, 0.4) is 0 Å². The van der Waals surface area contributed by atoms with E-state index in [2.05, 4.69) is 43.9 Å². The van der Waals surface area contributed by atoms with Crippen molar-refractivity contribution in [1.82, 2.24) is 9.97 Å². The van der Waals surface area contributed by atoms with Gasteiger partial charge in [0, 0.05) is 9.26 Å². The van der Waals surface area contributed by atoms with Gasteiger partial charge >= 0.3 is 0 Å². The number of halogens is 1. The summed E-state index contributed by atoms with van der Waals surface area (Å²) < 4.78 is 7.05. The van der Waals surface area contributed by atoms with Crippen LogP contribution >= 0.6 is 22.6 Å². The van der Waals surface area contributed by atoms with E-state index in [0.717, 1.165) is 20.0 Å². The lowest BCUT2D eigenvalue weighted by Crippen LogP contribution is -2.03. The van der Waals surface area contributed by atoms with E-state index in [1.54, 1.807) is 0 Å². The smallest absolute Gasteiger partial charge is 0.248 e. The molecule has 3 aromatic carbocycles. The van der Waals surface area contributed by atoms with Crippen molar-refractivity contribution in [3.8, 4) is 11.6 Å². The average molecular weight is 454 g/mol. The molecule has 0 fully saturated rings. The van der Waals surface area contributed by atoms with Gasteiger partial charge in [-0.2, -0.15) is 4.98 Å². The molecule has 0 aliphatic heterocycles. The van der Waals surface area contributed by atoms with Crippen LogP contribution in [0.2, 0.25) is 0 Å². The molecular weight excluding hydrogens is 439 g/mol. The number of nitrogens with zero attached hydrogens (tertiary/aromatic N) is 2. The van der Waals surface area contributed by atoms with E-state index < -0.39 is 0 Å². The number of hydrogen-bond donors (Lipinski definition) is 2. The number of nitrogens with one attached hydrogen (secondary N) is 1.